The van der Waals surface area contributed by atoms with Crippen LogP contribution in [0.15, 0.2) is 36.7 Å². The minimum absolute atomic E-state index is 0.830. The van der Waals surface area contributed by atoms with Crippen molar-refractivity contribution in [2.24, 2.45) is 0 Å². The maximum absolute atomic E-state index is 4.42. The first-order valence-corrected chi connectivity index (χ1v) is 7.97. The maximum atomic E-state index is 4.42. The quantitative estimate of drug-likeness (QED) is 0.785. The summed E-state index contributed by atoms with van der Waals surface area (Å²) in [7, 11) is 8.30. The summed E-state index contributed by atoms with van der Waals surface area (Å²) >= 11 is 0. The van der Waals surface area contributed by atoms with E-state index in [0.717, 1.165) is 31.3 Å². The Hall–Kier alpha value is -2.14. The van der Waals surface area contributed by atoms with E-state index >= 15 is 0 Å². The lowest BCUT2D eigenvalue weighted by atomic mass is 10.1. The third-order valence-corrected chi connectivity index (χ3v) is 3.91. The minimum atomic E-state index is 0.830. The maximum Gasteiger partial charge on any atom is 0.134 e. The van der Waals surface area contributed by atoms with Crippen molar-refractivity contribution in [2.45, 2.75) is 20.0 Å². The normalized spacial score (nSPS) is 10.9. The van der Waals surface area contributed by atoms with Gasteiger partial charge in [0, 0.05) is 39.8 Å². The second-order valence-electron chi connectivity index (χ2n) is 6.11. The van der Waals surface area contributed by atoms with E-state index in [1.54, 1.807) is 6.33 Å². The molecule has 0 aliphatic heterocycles. The SMILES string of the molecule is CCN(C)c1cc(N(C)Cc2ccccc2CN(C)C)ncn1. The lowest BCUT2D eigenvalue weighted by molar-refractivity contribution is 0.401. The van der Waals surface area contributed by atoms with Crippen LogP contribution in [0.1, 0.15) is 18.1 Å². The highest BCUT2D eigenvalue weighted by Crippen LogP contribution is 2.19. The van der Waals surface area contributed by atoms with Gasteiger partial charge in [0.05, 0.1) is 0 Å². The molecule has 0 unspecified atom stereocenters. The number of aromatic nitrogens is 2. The van der Waals surface area contributed by atoms with Crippen LogP contribution in [-0.2, 0) is 13.1 Å². The summed E-state index contributed by atoms with van der Waals surface area (Å²) in [5, 5.41) is 0. The number of rotatable bonds is 7. The molecule has 23 heavy (non-hydrogen) atoms. The first-order chi connectivity index (χ1) is 11.0. The molecular formula is C18H27N5. The van der Waals surface area contributed by atoms with Crippen LogP contribution in [0.3, 0.4) is 0 Å². The van der Waals surface area contributed by atoms with Gasteiger partial charge in [0.1, 0.15) is 18.0 Å². The molecule has 0 bridgehead atoms. The van der Waals surface area contributed by atoms with Gasteiger partial charge in [-0.2, -0.15) is 0 Å². The van der Waals surface area contributed by atoms with Crippen LogP contribution >= 0.6 is 0 Å². The summed E-state index contributed by atoms with van der Waals surface area (Å²) in [6, 6.07) is 10.6. The van der Waals surface area contributed by atoms with Gasteiger partial charge in [-0.25, -0.2) is 9.97 Å². The molecule has 1 heterocycles. The Morgan fingerprint density at radius 2 is 1.39 bits per heavy atom. The molecule has 0 radical (unpaired) electrons. The Balaban J connectivity index is 2.18. The first kappa shape index (κ1) is 17.2. The average Bonchev–Trinajstić information content (AvgIpc) is 2.55. The van der Waals surface area contributed by atoms with Crippen molar-refractivity contribution in [3.05, 3.63) is 47.8 Å². The number of benzene rings is 1. The fourth-order valence-corrected chi connectivity index (χ4v) is 2.46. The lowest BCUT2D eigenvalue weighted by Crippen LogP contribution is -2.22. The Labute approximate surface area is 139 Å². The molecule has 0 atom stereocenters. The Morgan fingerprint density at radius 3 is 1.96 bits per heavy atom. The molecular weight excluding hydrogens is 286 g/mol. The van der Waals surface area contributed by atoms with Gasteiger partial charge in [0.25, 0.3) is 0 Å². The topological polar surface area (TPSA) is 35.5 Å². The van der Waals surface area contributed by atoms with E-state index < -0.39 is 0 Å². The number of anilines is 2. The van der Waals surface area contributed by atoms with Gasteiger partial charge in [-0.3, -0.25) is 0 Å². The van der Waals surface area contributed by atoms with Gasteiger partial charge < -0.3 is 14.7 Å². The summed E-state index contributed by atoms with van der Waals surface area (Å²) in [5.41, 5.74) is 2.68. The zero-order chi connectivity index (χ0) is 16.8. The van der Waals surface area contributed by atoms with Crippen molar-refractivity contribution in [1.29, 1.82) is 0 Å². The molecule has 1 aromatic carbocycles. The van der Waals surface area contributed by atoms with Crippen molar-refractivity contribution in [3.8, 4) is 0 Å². The fraction of sp³-hybridized carbons (Fsp3) is 0.444. The van der Waals surface area contributed by atoms with E-state index in [0.29, 0.717) is 0 Å². The van der Waals surface area contributed by atoms with Crippen LogP contribution in [0.4, 0.5) is 11.6 Å². The predicted octanol–water partition coefficient (Wildman–Crippen LogP) is 2.63. The molecule has 0 N–H and O–H groups in total. The Bertz CT molecular complexity index is 626. The molecule has 5 heteroatoms. The second kappa shape index (κ2) is 7.92. The van der Waals surface area contributed by atoms with Crippen LogP contribution in [0.2, 0.25) is 0 Å². The predicted molar refractivity (Wildman–Crippen MR) is 96.9 cm³/mol. The number of nitrogens with zero attached hydrogens (tertiary/aromatic N) is 5. The highest BCUT2D eigenvalue weighted by Gasteiger charge is 2.10. The third-order valence-electron chi connectivity index (χ3n) is 3.91. The zero-order valence-electron chi connectivity index (χ0n) is 14.8. The molecule has 0 saturated heterocycles. The van der Waals surface area contributed by atoms with Gasteiger partial charge in [0.2, 0.25) is 0 Å². The standard InChI is InChI=1S/C18H27N5/c1-6-22(4)17-11-18(20-14-19-17)23(5)13-16-10-8-7-9-15(16)12-21(2)3/h7-11,14H,6,12-13H2,1-5H3. The zero-order valence-corrected chi connectivity index (χ0v) is 14.8. The molecule has 5 nitrogen and oxygen atoms in total. The molecule has 0 saturated carbocycles. The summed E-state index contributed by atoms with van der Waals surface area (Å²) in [6.45, 7) is 4.81. The van der Waals surface area contributed by atoms with Gasteiger partial charge in [-0.1, -0.05) is 24.3 Å². The Morgan fingerprint density at radius 1 is 0.826 bits per heavy atom. The highest BCUT2D eigenvalue weighted by atomic mass is 15.2. The van der Waals surface area contributed by atoms with Crippen LogP contribution in [0.25, 0.3) is 0 Å². The molecule has 0 aliphatic carbocycles. The van der Waals surface area contributed by atoms with Crippen LogP contribution in [-0.4, -0.2) is 49.6 Å². The van der Waals surface area contributed by atoms with E-state index in [1.165, 1.54) is 11.1 Å². The number of hydrogen-bond donors (Lipinski definition) is 0. The average molecular weight is 313 g/mol. The third kappa shape index (κ3) is 4.66. The monoisotopic (exact) mass is 313 g/mol. The van der Waals surface area contributed by atoms with Crippen molar-refractivity contribution in [1.82, 2.24) is 14.9 Å². The molecule has 0 aliphatic rings. The summed E-state index contributed by atoms with van der Waals surface area (Å²) in [6.07, 6.45) is 1.64. The van der Waals surface area contributed by atoms with Gasteiger partial charge in [0.15, 0.2) is 0 Å². The first-order valence-electron chi connectivity index (χ1n) is 7.97. The molecule has 1 aromatic heterocycles. The Kier molecular flexibility index (Phi) is 5.93. The summed E-state index contributed by atoms with van der Waals surface area (Å²) in [5.74, 6) is 1.89. The smallest absolute Gasteiger partial charge is 0.134 e. The van der Waals surface area contributed by atoms with Gasteiger partial charge in [-0.15, -0.1) is 0 Å². The number of hydrogen-bond acceptors (Lipinski definition) is 5. The summed E-state index contributed by atoms with van der Waals surface area (Å²) < 4.78 is 0. The van der Waals surface area contributed by atoms with Crippen molar-refractivity contribution >= 4 is 11.6 Å². The highest BCUT2D eigenvalue weighted by molar-refractivity contribution is 5.49. The van der Waals surface area contributed by atoms with Crippen molar-refractivity contribution < 1.29 is 0 Å². The molecule has 124 valence electrons. The van der Waals surface area contributed by atoms with Gasteiger partial charge in [-0.05, 0) is 32.1 Å². The molecule has 0 amide bonds. The second-order valence-corrected chi connectivity index (χ2v) is 6.11. The van der Waals surface area contributed by atoms with Crippen molar-refractivity contribution in [2.75, 3.05) is 44.5 Å². The fourth-order valence-electron chi connectivity index (χ4n) is 2.46. The van der Waals surface area contributed by atoms with E-state index in [9.17, 15) is 0 Å². The van der Waals surface area contributed by atoms with E-state index in [4.69, 9.17) is 0 Å². The van der Waals surface area contributed by atoms with Crippen LogP contribution in [0.5, 0.6) is 0 Å². The minimum Gasteiger partial charge on any atom is -0.360 e. The molecule has 0 spiro atoms. The molecule has 2 aromatic rings. The van der Waals surface area contributed by atoms with Crippen LogP contribution in [0, 0.1) is 0 Å². The molecule has 0 fully saturated rings. The van der Waals surface area contributed by atoms with E-state index in [2.05, 4.69) is 77.0 Å². The lowest BCUT2D eigenvalue weighted by Gasteiger charge is -2.23. The molecule has 2 rings (SSSR count). The van der Waals surface area contributed by atoms with Crippen molar-refractivity contribution in [3.63, 3.8) is 0 Å². The van der Waals surface area contributed by atoms with E-state index in [1.807, 2.05) is 13.1 Å². The van der Waals surface area contributed by atoms with Gasteiger partial charge >= 0.3 is 0 Å². The largest absolute Gasteiger partial charge is 0.360 e. The van der Waals surface area contributed by atoms with Crippen LogP contribution < -0.4 is 9.80 Å². The van der Waals surface area contributed by atoms with E-state index in [-0.39, 0.29) is 0 Å². The summed E-state index contributed by atoms with van der Waals surface area (Å²) in [4.78, 5) is 15.2.